The van der Waals surface area contributed by atoms with Crippen molar-refractivity contribution in [1.82, 2.24) is 5.32 Å². The van der Waals surface area contributed by atoms with Crippen molar-refractivity contribution in [2.75, 3.05) is 6.54 Å². The average Bonchev–Trinajstić information content (AvgIpc) is 2.92. The molecule has 0 aromatic heterocycles. The first-order chi connectivity index (χ1) is 17.7. The first-order valence-electron chi connectivity index (χ1n) is 12.5. The molecular weight excluding hydrogens is 450 g/mol. The molecule has 1 atom stereocenters. The number of hydrogen-bond donors (Lipinski definition) is 1. The normalized spacial score (nSPS) is 17.0. The minimum Gasteiger partial charge on any atom is -0.457 e. The van der Waals surface area contributed by atoms with E-state index in [1.807, 2.05) is 78.9 Å². The zero-order valence-electron chi connectivity index (χ0n) is 20.2. The van der Waals surface area contributed by atoms with Crippen molar-refractivity contribution in [3.63, 3.8) is 0 Å². The molecule has 0 spiro atoms. The number of amides is 2. The van der Waals surface area contributed by atoms with Crippen LogP contribution in [0, 0.1) is 0 Å². The van der Waals surface area contributed by atoms with E-state index in [9.17, 15) is 9.59 Å². The summed E-state index contributed by atoms with van der Waals surface area (Å²) in [5.74, 6) is 1.31. The molecule has 0 bridgehead atoms. The second kappa shape index (κ2) is 11.1. The quantitative estimate of drug-likeness (QED) is 0.416. The van der Waals surface area contributed by atoms with Gasteiger partial charge in [0.25, 0.3) is 11.8 Å². The van der Waals surface area contributed by atoms with Crippen molar-refractivity contribution in [2.24, 2.45) is 10.2 Å². The molecule has 0 saturated carbocycles. The summed E-state index contributed by atoms with van der Waals surface area (Å²) < 4.78 is 5.83. The largest absolute Gasteiger partial charge is 0.457 e. The molecule has 3 aromatic rings. The second-order valence-corrected chi connectivity index (χ2v) is 9.22. The maximum atomic E-state index is 12.8. The van der Waals surface area contributed by atoms with E-state index in [0.717, 1.165) is 65.9 Å². The Labute approximate surface area is 211 Å². The lowest BCUT2D eigenvalue weighted by Crippen LogP contribution is -2.26. The van der Waals surface area contributed by atoms with E-state index >= 15 is 0 Å². The lowest BCUT2D eigenvalue weighted by molar-refractivity contribution is -0.115. The molecule has 2 aliphatic rings. The van der Waals surface area contributed by atoms with Gasteiger partial charge >= 0.3 is 0 Å². The molecule has 5 rings (SSSR count). The van der Waals surface area contributed by atoms with E-state index in [2.05, 4.69) is 15.5 Å². The summed E-state index contributed by atoms with van der Waals surface area (Å²) in [7, 11) is 0. The van der Waals surface area contributed by atoms with E-state index in [-0.39, 0.29) is 17.9 Å². The van der Waals surface area contributed by atoms with Gasteiger partial charge in [-0.15, -0.1) is 5.11 Å². The number of benzene rings is 3. The summed E-state index contributed by atoms with van der Waals surface area (Å²) in [5, 5.41) is 11.2. The SMILES string of the molecule is O=C1N=NC(Cc2cccc(C(=O)NCCc3ccc(Oc4ccccc4)cc3)c2)C2=C1CCCC2. The number of carbonyl (C=O) groups is 2. The Morgan fingerprint density at radius 1 is 0.889 bits per heavy atom. The fourth-order valence-corrected chi connectivity index (χ4v) is 4.79. The van der Waals surface area contributed by atoms with E-state index in [1.165, 1.54) is 0 Å². The predicted octanol–water partition coefficient (Wildman–Crippen LogP) is 6.23. The lowest BCUT2D eigenvalue weighted by Gasteiger charge is -2.25. The molecule has 2 amide bonds. The van der Waals surface area contributed by atoms with Crippen LogP contribution in [0.4, 0.5) is 0 Å². The molecule has 1 N–H and O–H groups in total. The lowest BCUT2D eigenvalue weighted by atomic mass is 9.84. The van der Waals surface area contributed by atoms with Gasteiger partial charge < -0.3 is 10.1 Å². The summed E-state index contributed by atoms with van der Waals surface area (Å²) in [6.45, 7) is 0.539. The minimum atomic E-state index is -0.174. The Morgan fingerprint density at radius 3 is 2.50 bits per heavy atom. The fourth-order valence-electron chi connectivity index (χ4n) is 4.79. The summed E-state index contributed by atoms with van der Waals surface area (Å²) >= 11 is 0. The maximum absolute atomic E-state index is 12.8. The molecule has 0 radical (unpaired) electrons. The number of hydrogen-bond acceptors (Lipinski definition) is 4. The van der Waals surface area contributed by atoms with E-state index in [4.69, 9.17) is 4.74 Å². The molecule has 6 heteroatoms. The first kappa shape index (κ1) is 23.7. The molecule has 6 nitrogen and oxygen atoms in total. The van der Waals surface area contributed by atoms with Gasteiger partial charge in [-0.1, -0.05) is 42.5 Å². The Hall–Kier alpha value is -4.06. The number of nitrogens with one attached hydrogen (secondary N) is 1. The Balaban J connectivity index is 1.14. The van der Waals surface area contributed by atoms with Gasteiger partial charge in [-0.2, -0.15) is 5.11 Å². The monoisotopic (exact) mass is 479 g/mol. The summed E-state index contributed by atoms with van der Waals surface area (Å²) in [4.78, 5) is 24.9. The summed E-state index contributed by atoms with van der Waals surface area (Å²) in [6.07, 6.45) is 5.20. The van der Waals surface area contributed by atoms with Crippen LogP contribution in [0.5, 0.6) is 11.5 Å². The van der Waals surface area contributed by atoms with Gasteiger partial charge in [0.1, 0.15) is 11.5 Å². The third-order valence-corrected chi connectivity index (χ3v) is 6.68. The molecule has 3 aromatic carbocycles. The molecule has 182 valence electrons. The highest BCUT2D eigenvalue weighted by molar-refractivity contribution is 5.96. The average molecular weight is 480 g/mol. The highest BCUT2D eigenvalue weighted by atomic mass is 16.5. The number of ether oxygens (including phenoxy) is 1. The van der Waals surface area contributed by atoms with Gasteiger partial charge in [0.2, 0.25) is 0 Å². The highest BCUT2D eigenvalue weighted by Gasteiger charge is 2.29. The van der Waals surface area contributed by atoms with Crippen molar-refractivity contribution in [2.45, 2.75) is 44.6 Å². The Morgan fingerprint density at radius 2 is 1.67 bits per heavy atom. The molecule has 1 aliphatic carbocycles. The number of carbonyl (C=O) groups excluding carboxylic acids is 2. The molecule has 1 unspecified atom stereocenters. The van der Waals surface area contributed by atoms with E-state index < -0.39 is 0 Å². The van der Waals surface area contributed by atoms with Gasteiger partial charge in [0, 0.05) is 24.1 Å². The van der Waals surface area contributed by atoms with Crippen LogP contribution in [0.2, 0.25) is 0 Å². The minimum absolute atomic E-state index is 0.0982. The first-order valence-corrected chi connectivity index (χ1v) is 12.5. The second-order valence-electron chi connectivity index (χ2n) is 9.22. The maximum Gasteiger partial charge on any atom is 0.291 e. The molecule has 0 saturated heterocycles. The Bertz CT molecular complexity index is 1300. The zero-order valence-corrected chi connectivity index (χ0v) is 20.2. The molecular formula is C30H29N3O3. The van der Waals surface area contributed by atoms with Crippen LogP contribution in [-0.2, 0) is 17.6 Å². The van der Waals surface area contributed by atoms with Gasteiger partial charge in [-0.3, -0.25) is 9.59 Å². The number of azo groups is 1. The van der Waals surface area contributed by atoms with E-state index in [1.54, 1.807) is 0 Å². The molecule has 36 heavy (non-hydrogen) atoms. The summed E-state index contributed by atoms with van der Waals surface area (Å²) in [5.41, 5.74) is 4.76. The van der Waals surface area contributed by atoms with Crippen molar-refractivity contribution < 1.29 is 14.3 Å². The standard InChI is InChI=1S/C30H29N3O3/c34-29(31-18-17-21-13-15-25(16-14-21)36-24-9-2-1-3-10-24)23-8-6-7-22(19-23)20-28-26-11-4-5-12-27(26)30(35)33-32-28/h1-3,6-10,13-16,19,28H,4-5,11-12,17-18,20H2,(H,31,34). The van der Waals surface area contributed by atoms with Gasteiger partial charge in [0.15, 0.2) is 0 Å². The summed E-state index contributed by atoms with van der Waals surface area (Å²) in [6, 6.07) is 25.1. The van der Waals surface area contributed by atoms with Crippen molar-refractivity contribution in [1.29, 1.82) is 0 Å². The van der Waals surface area contributed by atoms with Crippen molar-refractivity contribution in [3.05, 3.63) is 107 Å². The predicted molar refractivity (Wildman–Crippen MR) is 138 cm³/mol. The van der Waals surface area contributed by atoms with Crippen LogP contribution < -0.4 is 10.1 Å². The fraction of sp³-hybridized carbons (Fsp3) is 0.267. The van der Waals surface area contributed by atoms with Gasteiger partial charge in [-0.05, 0) is 85.2 Å². The van der Waals surface area contributed by atoms with Crippen LogP contribution >= 0.6 is 0 Å². The van der Waals surface area contributed by atoms with Crippen molar-refractivity contribution in [3.8, 4) is 11.5 Å². The Kier molecular flexibility index (Phi) is 7.31. The molecule has 1 aliphatic heterocycles. The topological polar surface area (TPSA) is 80.1 Å². The van der Waals surface area contributed by atoms with Crippen molar-refractivity contribution >= 4 is 11.8 Å². The smallest absolute Gasteiger partial charge is 0.291 e. The van der Waals surface area contributed by atoms with Gasteiger partial charge in [0.05, 0.1) is 6.04 Å². The third-order valence-electron chi connectivity index (χ3n) is 6.68. The van der Waals surface area contributed by atoms with E-state index in [0.29, 0.717) is 18.5 Å². The van der Waals surface area contributed by atoms with Crippen LogP contribution in [0.3, 0.4) is 0 Å². The van der Waals surface area contributed by atoms with Crippen LogP contribution in [0.25, 0.3) is 0 Å². The number of para-hydroxylation sites is 1. The molecule has 1 heterocycles. The van der Waals surface area contributed by atoms with Gasteiger partial charge in [-0.25, -0.2) is 0 Å². The highest BCUT2D eigenvalue weighted by Crippen LogP contribution is 2.33. The van der Waals surface area contributed by atoms with Crippen LogP contribution in [0.15, 0.2) is 100 Å². The number of rotatable bonds is 8. The third kappa shape index (κ3) is 5.77. The number of nitrogens with zero attached hydrogens (tertiary/aromatic N) is 2. The molecule has 0 fully saturated rings. The van der Waals surface area contributed by atoms with Crippen LogP contribution in [-0.4, -0.2) is 24.4 Å². The van der Waals surface area contributed by atoms with Crippen LogP contribution in [0.1, 0.15) is 47.2 Å². The zero-order chi connectivity index (χ0) is 24.7.